The highest BCUT2D eigenvalue weighted by Crippen LogP contribution is 2.17. The number of rotatable bonds is 3. The molecule has 0 spiro atoms. The predicted molar refractivity (Wildman–Crippen MR) is 90.1 cm³/mol. The summed E-state index contributed by atoms with van der Waals surface area (Å²) in [5, 5.41) is 7.24. The van der Waals surface area contributed by atoms with Crippen molar-refractivity contribution in [1.29, 1.82) is 0 Å². The molecule has 0 aliphatic rings. The minimum Gasteiger partial charge on any atom is -0.315 e. The summed E-state index contributed by atoms with van der Waals surface area (Å²) >= 11 is 5.37. The van der Waals surface area contributed by atoms with Gasteiger partial charge in [-0.15, -0.1) is 0 Å². The Hall–Kier alpha value is -2.80. The van der Waals surface area contributed by atoms with E-state index in [9.17, 15) is 0 Å². The van der Waals surface area contributed by atoms with Crippen LogP contribution < -0.4 is 0 Å². The molecule has 0 unspecified atom stereocenters. The number of hydrogen-bond acceptors (Lipinski definition) is 4. The van der Waals surface area contributed by atoms with Gasteiger partial charge in [-0.25, -0.2) is 9.97 Å². The van der Waals surface area contributed by atoms with Crippen molar-refractivity contribution in [3.63, 3.8) is 0 Å². The van der Waals surface area contributed by atoms with Crippen molar-refractivity contribution in [3.8, 4) is 5.69 Å². The first-order valence-electron chi connectivity index (χ1n) is 7.22. The lowest BCUT2D eigenvalue weighted by Gasteiger charge is -2.06. The van der Waals surface area contributed by atoms with Crippen LogP contribution in [0, 0.1) is 4.77 Å². The quantitative estimate of drug-likeness (QED) is 0.589. The molecule has 0 atom stereocenters. The largest absolute Gasteiger partial charge is 0.315 e. The number of fused-ring (bicyclic) bond motifs is 1. The molecule has 114 valence electrons. The molecule has 0 aliphatic carbocycles. The van der Waals surface area contributed by atoms with Gasteiger partial charge in [-0.05, 0) is 36.5 Å². The molecular formula is C16H14N6S. The number of benzene rings is 1. The molecule has 0 bridgehead atoms. The van der Waals surface area contributed by atoms with Gasteiger partial charge in [-0.3, -0.25) is 9.67 Å². The summed E-state index contributed by atoms with van der Waals surface area (Å²) in [6.45, 7) is 0. The maximum Gasteiger partial charge on any atom is 0.199 e. The summed E-state index contributed by atoms with van der Waals surface area (Å²) in [6, 6.07) is 13.8. The molecule has 6 nitrogen and oxygen atoms in total. The van der Waals surface area contributed by atoms with Crippen molar-refractivity contribution in [1.82, 2.24) is 29.3 Å². The molecule has 0 fully saturated rings. The Balaban J connectivity index is 1.80. The summed E-state index contributed by atoms with van der Waals surface area (Å²) in [6.07, 6.45) is 2.34. The third-order valence-electron chi connectivity index (χ3n) is 3.79. The fourth-order valence-corrected chi connectivity index (χ4v) is 2.92. The minimum absolute atomic E-state index is 0.564. The molecule has 4 rings (SSSR count). The second kappa shape index (κ2) is 5.44. The van der Waals surface area contributed by atoms with Gasteiger partial charge >= 0.3 is 0 Å². The van der Waals surface area contributed by atoms with E-state index >= 15 is 0 Å². The molecular weight excluding hydrogens is 308 g/mol. The summed E-state index contributed by atoms with van der Waals surface area (Å²) in [7, 11) is 1.96. The molecule has 3 heterocycles. The van der Waals surface area contributed by atoms with E-state index in [-0.39, 0.29) is 0 Å². The van der Waals surface area contributed by atoms with E-state index < -0.39 is 0 Å². The number of nitrogens with one attached hydrogen (secondary N) is 1. The van der Waals surface area contributed by atoms with Gasteiger partial charge in [0.25, 0.3) is 0 Å². The van der Waals surface area contributed by atoms with Crippen molar-refractivity contribution in [2.75, 3.05) is 0 Å². The molecule has 0 radical (unpaired) electrons. The second-order valence-corrected chi connectivity index (χ2v) is 5.61. The number of para-hydroxylation sites is 1. The van der Waals surface area contributed by atoms with Gasteiger partial charge in [0.1, 0.15) is 17.2 Å². The number of pyridine rings is 1. The molecule has 1 N–H and O–H groups in total. The molecule has 0 saturated heterocycles. The van der Waals surface area contributed by atoms with Crippen molar-refractivity contribution in [2.24, 2.45) is 7.05 Å². The van der Waals surface area contributed by atoms with Crippen LogP contribution in [0.1, 0.15) is 11.6 Å². The summed E-state index contributed by atoms with van der Waals surface area (Å²) in [5.41, 5.74) is 2.73. The monoisotopic (exact) mass is 322 g/mol. The van der Waals surface area contributed by atoms with Crippen molar-refractivity contribution >= 4 is 23.4 Å². The van der Waals surface area contributed by atoms with Crippen molar-refractivity contribution in [2.45, 2.75) is 6.42 Å². The van der Waals surface area contributed by atoms with Crippen LogP contribution in [-0.2, 0) is 13.5 Å². The van der Waals surface area contributed by atoms with Gasteiger partial charge in [-0.1, -0.05) is 18.2 Å². The predicted octanol–water partition coefficient (Wildman–Crippen LogP) is 2.80. The van der Waals surface area contributed by atoms with E-state index in [4.69, 9.17) is 12.2 Å². The van der Waals surface area contributed by atoms with Gasteiger partial charge < -0.3 is 4.57 Å². The first-order chi connectivity index (χ1) is 11.2. The highest BCUT2D eigenvalue weighted by Gasteiger charge is 2.14. The zero-order chi connectivity index (χ0) is 15.8. The number of imidazole rings is 1. The van der Waals surface area contributed by atoms with Gasteiger partial charge in [0.2, 0.25) is 0 Å². The normalized spacial score (nSPS) is 11.2. The zero-order valence-corrected chi connectivity index (χ0v) is 13.3. The number of nitrogens with zero attached hydrogens (tertiary/aromatic N) is 5. The fourth-order valence-electron chi connectivity index (χ4n) is 2.66. The van der Waals surface area contributed by atoms with Gasteiger partial charge in [0.05, 0.1) is 6.42 Å². The summed E-state index contributed by atoms with van der Waals surface area (Å²) < 4.78 is 4.49. The Morgan fingerprint density at radius 3 is 2.70 bits per heavy atom. The van der Waals surface area contributed by atoms with Crippen LogP contribution in [0.3, 0.4) is 0 Å². The van der Waals surface area contributed by atoms with Crippen molar-refractivity contribution < 1.29 is 0 Å². The molecule has 23 heavy (non-hydrogen) atoms. The van der Waals surface area contributed by atoms with E-state index in [2.05, 4.69) is 20.2 Å². The van der Waals surface area contributed by atoms with Crippen LogP contribution in [0.25, 0.3) is 16.9 Å². The topological polar surface area (TPSA) is 64.3 Å². The third-order valence-corrected chi connectivity index (χ3v) is 4.07. The lowest BCUT2D eigenvalue weighted by atomic mass is 10.3. The van der Waals surface area contributed by atoms with E-state index in [1.54, 1.807) is 6.20 Å². The Morgan fingerprint density at radius 2 is 1.91 bits per heavy atom. The molecule has 1 aromatic carbocycles. The Kier molecular flexibility index (Phi) is 3.27. The highest BCUT2D eigenvalue weighted by atomic mass is 32.1. The first kappa shape index (κ1) is 13.8. The third kappa shape index (κ3) is 2.35. The SMILES string of the molecule is Cn1c(Cc2n[nH]c(=S)n2-c2ccccc2)nc2cccnc21. The summed E-state index contributed by atoms with van der Waals surface area (Å²) in [4.78, 5) is 9.02. The number of aromatic amines is 1. The first-order valence-corrected chi connectivity index (χ1v) is 7.63. The fraction of sp³-hybridized carbons (Fsp3) is 0.125. The zero-order valence-electron chi connectivity index (χ0n) is 12.5. The van der Waals surface area contributed by atoms with Crippen molar-refractivity contribution in [3.05, 3.63) is 65.1 Å². The average molecular weight is 322 g/mol. The van der Waals surface area contributed by atoms with Gasteiger partial charge in [0.15, 0.2) is 10.4 Å². The lowest BCUT2D eigenvalue weighted by molar-refractivity contribution is 0.790. The molecule has 0 amide bonds. The van der Waals surface area contributed by atoms with Gasteiger partial charge in [0, 0.05) is 18.9 Å². The highest BCUT2D eigenvalue weighted by molar-refractivity contribution is 7.71. The molecule has 3 aromatic heterocycles. The second-order valence-electron chi connectivity index (χ2n) is 5.23. The lowest BCUT2D eigenvalue weighted by Crippen LogP contribution is -2.06. The average Bonchev–Trinajstić information content (AvgIpc) is 3.10. The van der Waals surface area contributed by atoms with Crippen LogP contribution in [0.4, 0.5) is 0 Å². The maximum absolute atomic E-state index is 5.37. The van der Waals surface area contributed by atoms with Crippen LogP contribution in [0.15, 0.2) is 48.7 Å². The molecule has 4 aromatic rings. The van der Waals surface area contributed by atoms with Crippen LogP contribution in [-0.4, -0.2) is 29.3 Å². The van der Waals surface area contributed by atoms with Crippen LogP contribution in [0.5, 0.6) is 0 Å². The number of H-pyrrole nitrogens is 1. The Bertz CT molecular complexity index is 1030. The Morgan fingerprint density at radius 1 is 1.09 bits per heavy atom. The van der Waals surface area contributed by atoms with Crippen LogP contribution in [0.2, 0.25) is 0 Å². The van der Waals surface area contributed by atoms with E-state index in [0.29, 0.717) is 11.2 Å². The maximum atomic E-state index is 5.37. The number of hydrogen-bond donors (Lipinski definition) is 1. The Labute approximate surface area is 137 Å². The summed E-state index contributed by atoms with van der Waals surface area (Å²) in [5.74, 6) is 1.71. The molecule has 7 heteroatoms. The van der Waals surface area contributed by atoms with E-state index in [0.717, 1.165) is 28.5 Å². The minimum atomic E-state index is 0.564. The van der Waals surface area contributed by atoms with Crippen LogP contribution >= 0.6 is 12.2 Å². The smallest absolute Gasteiger partial charge is 0.199 e. The number of aryl methyl sites for hydroxylation is 1. The van der Waals surface area contributed by atoms with E-state index in [1.807, 2.05) is 58.6 Å². The molecule has 0 saturated carbocycles. The van der Waals surface area contributed by atoms with Gasteiger partial charge in [-0.2, -0.15) is 5.10 Å². The number of aromatic nitrogens is 6. The standard InChI is InChI=1S/C16H14N6S/c1-21-13(18-12-8-5-9-17-15(12)21)10-14-19-20-16(23)22(14)11-6-3-2-4-7-11/h2-9H,10H2,1H3,(H,20,23). The molecule has 0 aliphatic heterocycles. The van der Waals surface area contributed by atoms with E-state index in [1.165, 1.54) is 0 Å².